The summed E-state index contributed by atoms with van der Waals surface area (Å²) in [4.78, 5) is 12.0. The van der Waals surface area contributed by atoms with Crippen molar-refractivity contribution < 1.29 is 13.2 Å². The van der Waals surface area contributed by atoms with Gasteiger partial charge in [0.15, 0.2) is 0 Å². The summed E-state index contributed by atoms with van der Waals surface area (Å²) in [6.45, 7) is 1.92. The van der Waals surface area contributed by atoms with E-state index in [-0.39, 0.29) is 15.4 Å². The van der Waals surface area contributed by atoms with Crippen LogP contribution in [0.4, 0.5) is 5.13 Å². The van der Waals surface area contributed by atoms with Crippen LogP contribution >= 0.6 is 11.3 Å². The third kappa shape index (κ3) is 3.43. The van der Waals surface area contributed by atoms with E-state index in [0.29, 0.717) is 5.56 Å². The van der Waals surface area contributed by atoms with E-state index in [2.05, 4.69) is 15.5 Å². The van der Waals surface area contributed by atoms with E-state index in [1.807, 2.05) is 19.1 Å². The highest BCUT2D eigenvalue weighted by Crippen LogP contribution is 2.22. The third-order valence-electron chi connectivity index (χ3n) is 2.64. The minimum absolute atomic E-state index is 0.140. The van der Waals surface area contributed by atoms with Crippen molar-refractivity contribution in [3.8, 4) is 0 Å². The molecule has 112 valence electrons. The van der Waals surface area contributed by atoms with Crippen LogP contribution in [0.2, 0.25) is 0 Å². The average molecular weight is 326 g/mol. The molecule has 0 bridgehead atoms. The molecule has 0 fully saturated rings. The lowest BCUT2D eigenvalue weighted by molar-refractivity contribution is 0.102. The highest BCUT2D eigenvalue weighted by atomic mass is 32.2. The Morgan fingerprint density at radius 1 is 1.19 bits per heavy atom. The molecule has 1 heterocycles. The number of nitrogens with one attached hydrogen (secondary N) is 1. The molecule has 21 heavy (non-hydrogen) atoms. The first-order valence-electron chi connectivity index (χ1n) is 5.95. The molecule has 0 saturated heterocycles. The second-order valence-corrected chi connectivity index (χ2v) is 7.78. The molecule has 7 nitrogen and oxygen atoms in total. The molecule has 0 spiro atoms. The Labute approximate surface area is 126 Å². The Hall–Kier alpha value is -1.84. The zero-order valence-corrected chi connectivity index (χ0v) is 13.3. The number of rotatable bonds is 4. The van der Waals surface area contributed by atoms with Gasteiger partial charge in [-0.15, -0.1) is 10.2 Å². The predicted octanol–water partition coefficient (Wildman–Crippen LogP) is 1.35. The summed E-state index contributed by atoms with van der Waals surface area (Å²) >= 11 is 0.811. The molecule has 1 aromatic heterocycles. The van der Waals surface area contributed by atoms with Gasteiger partial charge in [0.2, 0.25) is 9.47 Å². The topological polar surface area (TPSA) is 92.3 Å². The van der Waals surface area contributed by atoms with E-state index < -0.39 is 10.0 Å². The Morgan fingerprint density at radius 3 is 2.38 bits per heavy atom. The molecular weight excluding hydrogens is 312 g/mol. The van der Waals surface area contributed by atoms with Crippen molar-refractivity contribution >= 4 is 32.4 Å². The van der Waals surface area contributed by atoms with Gasteiger partial charge in [-0.3, -0.25) is 10.1 Å². The first-order valence-corrected chi connectivity index (χ1v) is 8.20. The Bertz CT molecular complexity index is 751. The molecule has 1 aromatic carbocycles. The molecule has 0 radical (unpaired) electrons. The molecular formula is C12H14N4O3S2. The van der Waals surface area contributed by atoms with Gasteiger partial charge in [-0.1, -0.05) is 29.0 Å². The number of aromatic nitrogens is 2. The Morgan fingerprint density at radius 2 is 1.81 bits per heavy atom. The van der Waals surface area contributed by atoms with E-state index in [1.165, 1.54) is 14.1 Å². The van der Waals surface area contributed by atoms with Gasteiger partial charge in [0.25, 0.3) is 15.9 Å². The summed E-state index contributed by atoms with van der Waals surface area (Å²) in [5.74, 6) is -0.361. The van der Waals surface area contributed by atoms with Gasteiger partial charge in [-0.2, -0.15) is 0 Å². The first kappa shape index (κ1) is 15.5. The number of anilines is 1. The summed E-state index contributed by atoms with van der Waals surface area (Å²) in [6.07, 6.45) is 0. The van der Waals surface area contributed by atoms with Gasteiger partial charge in [0, 0.05) is 19.7 Å². The van der Waals surface area contributed by atoms with E-state index in [0.717, 1.165) is 21.2 Å². The number of nitrogens with zero attached hydrogens (tertiary/aromatic N) is 3. The van der Waals surface area contributed by atoms with Crippen LogP contribution < -0.4 is 5.32 Å². The summed E-state index contributed by atoms with van der Waals surface area (Å²) in [7, 11) is -0.827. The van der Waals surface area contributed by atoms with Gasteiger partial charge in [0.05, 0.1) is 0 Å². The number of carbonyl (C=O) groups is 1. The molecule has 0 aliphatic rings. The smallest absolute Gasteiger partial charge is 0.271 e. The maximum atomic E-state index is 12.0. The fraction of sp³-hybridized carbons (Fsp3) is 0.250. The van der Waals surface area contributed by atoms with Crippen molar-refractivity contribution in [2.24, 2.45) is 0 Å². The zero-order valence-electron chi connectivity index (χ0n) is 11.7. The number of sulfonamides is 1. The van der Waals surface area contributed by atoms with Crippen molar-refractivity contribution in [2.45, 2.75) is 11.3 Å². The number of hydrogen-bond donors (Lipinski definition) is 1. The number of aryl methyl sites for hydroxylation is 1. The Balaban J connectivity index is 2.16. The molecule has 1 N–H and O–H groups in total. The lowest BCUT2D eigenvalue weighted by Crippen LogP contribution is -2.22. The number of benzene rings is 1. The highest BCUT2D eigenvalue weighted by Gasteiger charge is 2.23. The molecule has 0 saturated carbocycles. The number of hydrogen-bond acceptors (Lipinski definition) is 6. The summed E-state index contributed by atoms with van der Waals surface area (Å²) < 4.78 is 24.6. The van der Waals surface area contributed by atoms with Crippen LogP contribution in [0.15, 0.2) is 28.6 Å². The normalized spacial score (nSPS) is 11.6. The maximum absolute atomic E-state index is 12.0. The van der Waals surface area contributed by atoms with E-state index in [9.17, 15) is 13.2 Å². The molecule has 0 aliphatic carbocycles. The molecule has 9 heteroatoms. The predicted molar refractivity (Wildman–Crippen MR) is 79.9 cm³/mol. The summed E-state index contributed by atoms with van der Waals surface area (Å²) in [5, 5.41) is 9.94. The molecule has 0 aliphatic heterocycles. The van der Waals surface area contributed by atoms with Gasteiger partial charge in [0.1, 0.15) is 0 Å². The highest BCUT2D eigenvalue weighted by molar-refractivity contribution is 7.91. The van der Waals surface area contributed by atoms with Crippen molar-refractivity contribution in [3.05, 3.63) is 35.4 Å². The molecule has 2 rings (SSSR count). The van der Waals surface area contributed by atoms with Crippen LogP contribution in [-0.2, 0) is 10.0 Å². The summed E-state index contributed by atoms with van der Waals surface area (Å²) in [5.41, 5.74) is 1.51. The molecule has 1 amide bonds. The van der Waals surface area contributed by atoms with Crippen LogP contribution in [-0.4, -0.2) is 42.9 Å². The maximum Gasteiger partial charge on any atom is 0.271 e. The SMILES string of the molecule is Cc1ccc(C(=O)Nc2nnc(S(=O)(=O)N(C)C)s2)cc1. The summed E-state index contributed by atoms with van der Waals surface area (Å²) in [6, 6.07) is 7.00. The standard InChI is InChI=1S/C12H14N4O3S2/c1-8-4-6-9(7-5-8)10(17)13-11-14-15-12(20-11)21(18,19)16(2)3/h4-7H,1-3H3,(H,13,14,17). The zero-order chi connectivity index (χ0) is 15.6. The van der Waals surface area contributed by atoms with Crippen molar-refractivity contribution in [1.29, 1.82) is 0 Å². The molecule has 0 unspecified atom stereocenters. The van der Waals surface area contributed by atoms with Crippen LogP contribution in [0, 0.1) is 6.92 Å². The quantitative estimate of drug-likeness (QED) is 0.856. The Kier molecular flexibility index (Phi) is 4.35. The van der Waals surface area contributed by atoms with Crippen LogP contribution in [0.1, 0.15) is 15.9 Å². The fourth-order valence-electron chi connectivity index (χ4n) is 1.39. The van der Waals surface area contributed by atoms with Crippen LogP contribution in [0.5, 0.6) is 0 Å². The lowest BCUT2D eigenvalue weighted by Gasteiger charge is -2.06. The second kappa shape index (κ2) is 5.88. The second-order valence-electron chi connectivity index (χ2n) is 4.48. The fourth-order valence-corrected chi connectivity index (χ4v) is 3.43. The van der Waals surface area contributed by atoms with Gasteiger partial charge in [-0.05, 0) is 19.1 Å². The lowest BCUT2D eigenvalue weighted by atomic mass is 10.1. The molecule has 2 aromatic rings. The van der Waals surface area contributed by atoms with Crippen molar-refractivity contribution in [1.82, 2.24) is 14.5 Å². The third-order valence-corrected chi connectivity index (χ3v) is 5.64. The number of carbonyl (C=O) groups excluding carboxylic acids is 1. The number of amides is 1. The average Bonchev–Trinajstić information content (AvgIpc) is 2.88. The van der Waals surface area contributed by atoms with Crippen LogP contribution in [0.25, 0.3) is 0 Å². The minimum Gasteiger partial charge on any atom is -0.296 e. The van der Waals surface area contributed by atoms with E-state index in [4.69, 9.17) is 0 Å². The minimum atomic E-state index is -3.64. The van der Waals surface area contributed by atoms with Gasteiger partial charge < -0.3 is 0 Å². The first-order chi connectivity index (χ1) is 9.80. The van der Waals surface area contributed by atoms with Crippen LogP contribution in [0.3, 0.4) is 0 Å². The molecule has 0 atom stereocenters. The van der Waals surface area contributed by atoms with Gasteiger partial charge in [-0.25, -0.2) is 12.7 Å². The van der Waals surface area contributed by atoms with Crippen molar-refractivity contribution in [2.75, 3.05) is 19.4 Å². The van der Waals surface area contributed by atoms with E-state index in [1.54, 1.807) is 12.1 Å². The van der Waals surface area contributed by atoms with E-state index >= 15 is 0 Å². The van der Waals surface area contributed by atoms with Crippen molar-refractivity contribution in [3.63, 3.8) is 0 Å². The monoisotopic (exact) mass is 326 g/mol. The largest absolute Gasteiger partial charge is 0.296 e. The van der Waals surface area contributed by atoms with Gasteiger partial charge >= 0.3 is 0 Å².